The summed E-state index contributed by atoms with van der Waals surface area (Å²) >= 11 is 0. The average molecular weight is 409 g/mol. The van der Waals surface area contributed by atoms with Crippen LogP contribution in [0.4, 0.5) is 11.5 Å². The van der Waals surface area contributed by atoms with Gasteiger partial charge in [0.15, 0.2) is 11.5 Å². The molecule has 3 aromatic rings. The number of hydrogen-bond acceptors (Lipinski definition) is 7. The van der Waals surface area contributed by atoms with Crippen LogP contribution in [-0.4, -0.2) is 53.7 Å². The molecule has 1 saturated heterocycles. The fourth-order valence-corrected chi connectivity index (χ4v) is 3.62. The fraction of sp³-hybridized carbons (Fsp3) is 0.409. The smallest absolute Gasteiger partial charge is 0.164 e. The second-order valence-electron chi connectivity index (χ2n) is 7.50. The summed E-state index contributed by atoms with van der Waals surface area (Å²) in [5, 5.41) is 4.58. The first kappa shape index (κ1) is 20.3. The minimum atomic E-state index is 0.433. The number of anilines is 2. The van der Waals surface area contributed by atoms with Crippen molar-refractivity contribution in [2.45, 2.75) is 20.5 Å². The van der Waals surface area contributed by atoms with Crippen LogP contribution >= 0.6 is 0 Å². The van der Waals surface area contributed by atoms with Gasteiger partial charge in [0.05, 0.1) is 24.6 Å². The first-order valence-electron chi connectivity index (χ1n) is 10.1. The maximum absolute atomic E-state index is 5.53. The Labute approximate surface area is 176 Å². The molecule has 1 N–H and O–H groups in total. The third-order valence-electron chi connectivity index (χ3n) is 5.30. The van der Waals surface area contributed by atoms with E-state index >= 15 is 0 Å². The number of nitrogens with one attached hydrogen (secondary N) is 1. The summed E-state index contributed by atoms with van der Waals surface area (Å²) < 4.78 is 12.8. The van der Waals surface area contributed by atoms with Crippen molar-refractivity contribution < 1.29 is 9.47 Å². The lowest BCUT2D eigenvalue weighted by atomic mass is 10.1. The van der Waals surface area contributed by atoms with E-state index in [9.17, 15) is 0 Å². The zero-order valence-electron chi connectivity index (χ0n) is 18.0. The monoisotopic (exact) mass is 408 g/mol. The van der Waals surface area contributed by atoms with Gasteiger partial charge in [0, 0.05) is 33.3 Å². The Balaban J connectivity index is 1.72. The van der Waals surface area contributed by atoms with Crippen LogP contribution in [0.1, 0.15) is 23.9 Å². The van der Waals surface area contributed by atoms with E-state index < -0.39 is 0 Å². The SMILES string of the molecule is COCc1nc2c(N3CCOCC3)cc(NN=C(C)c3cccc(C)c3)nc2n1C. The van der Waals surface area contributed by atoms with Crippen molar-refractivity contribution in [3.63, 3.8) is 0 Å². The normalized spacial score (nSPS) is 15.1. The van der Waals surface area contributed by atoms with Crippen LogP contribution in [-0.2, 0) is 23.1 Å². The molecule has 0 bridgehead atoms. The van der Waals surface area contributed by atoms with Crippen molar-refractivity contribution in [3.05, 3.63) is 47.3 Å². The highest BCUT2D eigenvalue weighted by Gasteiger charge is 2.20. The molecular formula is C22H28N6O2. The highest BCUT2D eigenvalue weighted by atomic mass is 16.5. The number of hydrogen-bond donors (Lipinski definition) is 1. The molecule has 1 aliphatic heterocycles. The van der Waals surface area contributed by atoms with E-state index in [1.165, 1.54) is 5.56 Å². The number of rotatable bonds is 6. The number of aryl methyl sites for hydroxylation is 2. The van der Waals surface area contributed by atoms with E-state index in [0.717, 1.165) is 47.0 Å². The van der Waals surface area contributed by atoms with Crippen LogP contribution in [0.2, 0.25) is 0 Å². The Bertz CT molecular complexity index is 1070. The second-order valence-corrected chi connectivity index (χ2v) is 7.50. The molecule has 0 spiro atoms. The van der Waals surface area contributed by atoms with Gasteiger partial charge in [-0.25, -0.2) is 9.97 Å². The maximum Gasteiger partial charge on any atom is 0.164 e. The number of pyridine rings is 1. The van der Waals surface area contributed by atoms with Crippen LogP contribution < -0.4 is 10.3 Å². The lowest BCUT2D eigenvalue weighted by molar-refractivity contribution is 0.123. The highest BCUT2D eigenvalue weighted by molar-refractivity contribution is 5.99. The van der Waals surface area contributed by atoms with Crippen molar-refractivity contribution in [2.24, 2.45) is 12.1 Å². The van der Waals surface area contributed by atoms with Crippen LogP contribution in [0.15, 0.2) is 35.4 Å². The molecule has 1 aliphatic rings. The van der Waals surface area contributed by atoms with Gasteiger partial charge in [-0.15, -0.1) is 0 Å². The van der Waals surface area contributed by atoms with E-state index in [0.29, 0.717) is 25.6 Å². The molecule has 8 heteroatoms. The lowest BCUT2D eigenvalue weighted by Crippen LogP contribution is -2.36. The first-order valence-corrected chi connectivity index (χ1v) is 10.1. The number of nitrogens with zero attached hydrogens (tertiary/aromatic N) is 5. The Kier molecular flexibility index (Phi) is 5.96. The van der Waals surface area contributed by atoms with Crippen molar-refractivity contribution >= 4 is 28.4 Å². The van der Waals surface area contributed by atoms with Gasteiger partial charge in [-0.2, -0.15) is 5.10 Å². The van der Waals surface area contributed by atoms with Gasteiger partial charge in [-0.05, 0) is 19.4 Å². The summed E-state index contributed by atoms with van der Waals surface area (Å²) in [6.07, 6.45) is 0. The second kappa shape index (κ2) is 8.81. The third kappa shape index (κ3) is 4.15. The van der Waals surface area contributed by atoms with Crippen molar-refractivity contribution in [3.8, 4) is 0 Å². The molecule has 0 aliphatic carbocycles. The Morgan fingerprint density at radius 2 is 2.03 bits per heavy atom. The molecule has 4 rings (SSSR count). The van der Waals surface area contributed by atoms with E-state index in [4.69, 9.17) is 19.4 Å². The van der Waals surface area contributed by atoms with Crippen LogP contribution in [0.25, 0.3) is 11.2 Å². The molecule has 30 heavy (non-hydrogen) atoms. The van der Waals surface area contributed by atoms with Crippen LogP contribution in [0.5, 0.6) is 0 Å². The number of ether oxygens (including phenoxy) is 2. The van der Waals surface area contributed by atoms with Gasteiger partial charge in [0.1, 0.15) is 17.9 Å². The van der Waals surface area contributed by atoms with E-state index in [1.54, 1.807) is 7.11 Å². The summed E-state index contributed by atoms with van der Waals surface area (Å²) in [6, 6.07) is 10.3. The molecule has 0 unspecified atom stereocenters. The summed E-state index contributed by atoms with van der Waals surface area (Å²) in [5.74, 6) is 1.52. The highest BCUT2D eigenvalue weighted by Crippen LogP contribution is 2.29. The van der Waals surface area contributed by atoms with Gasteiger partial charge < -0.3 is 18.9 Å². The number of morpholine rings is 1. The predicted molar refractivity (Wildman–Crippen MR) is 119 cm³/mol. The number of imidazole rings is 1. The van der Waals surface area contributed by atoms with E-state index in [1.807, 2.05) is 30.7 Å². The van der Waals surface area contributed by atoms with Crippen molar-refractivity contribution in [1.29, 1.82) is 0 Å². The molecule has 0 saturated carbocycles. The average Bonchev–Trinajstić information content (AvgIpc) is 3.08. The van der Waals surface area contributed by atoms with Gasteiger partial charge in [0.25, 0.3) is 0 Å². The minimum Gasteiger partial charge on any atom is -0.378 e. The van der Waals surface area contributed by atoms with Gasteiger partial charge in [-0.3, -0.25) is 5.43 Å². The summed E-state index contributed by atoms with van der Waals surface area (Å²) in [5.41, 5.74) is 9.05. The third-order valence-corrected chi connectivity index (χ3v) is 5.30. The van der Waals surface area contributed by atoms with E-state index in [2.05, 4.69) is 40.5 Å². The minimum absolute atomic E-state index is 0.433. The zero-order valence-corrected chi connectivity index (χ0v) is 18.0. The van der Waals surface area contributed by atoms with E-state index in [-0.39, 0.29) is 0 Å². The molecule has 0 amide bonds. The molecule has 3 heterocycles. The number of fused-ring (bicyclic) bond motifs is 1. The first-order chi connectivity index (χ1) is 14.6. The standard InChI is InChI=1S/C22H28N6O2/c1-15-6-5-7-17(12-15)16(2)25-26-19-13-18(28-8-10-30-11-9-28)21-22(23-19)27(3)20(24-21)14-29-4/h5-7,12-13H,8-11,14H2,1-4H3,(H,23,26). The molecule has 1 aromatic carbocycles. The predicted octanol–water partition coefficient (Wildman–Crippen LogP) is 3.10. The van der Waals surface area contributed by atoms with Gasteiger partial charge >= 0.3 is 0 Å². The fourth-order valence-electron chi connectivity index (χ4n) is 3.62. The number of aromatic nitrogens is 3. The van der Waals surface area contributed by atoms with Crippen LogP contribution in [0.3, 0.4) is 0 Å². The molecule has 0 radical (unpaired) electrons. The van der Waals surface area contributed by atoms with Crippen molar-refractivity contribution in [2.75, 3.05) is 43.7 Å². The quantitative estimate of drug-likeness (QED) is 0.499. The Hall–Kier alpha value is -2.97. The zero-order chi connectivity index (χ0) is 21.1. The Morgan fingerprint density at radius 1 is 1.23 bits per heavy atom. The molecule has 0 atom stereocenters. The summed E-state index contributed by atoms with van der Waals surface area (Å²) in [6.45, 7) is 7.55. The molecule has 8 nitrogen and oxygen atoms in total. The van der Waals surface area contributed by atoms with Crippen molar-refractivity contribution in [1.82, 2.24) is 14.5 Å². The summed E-state index contributed by atoms with van der Waals surface area (Å²) in [7, 11) is 3.64. The molecule has 1 fully saturated rings. The maximum atomic E-state index is 5.53. The number of benzene rings is 1. The largest absolute Gasteiger partial charge is 0.378 e. The number of methoxy groups -OCH3 is 1. The molecular weight excluding hydrogens is 380 g/mol. The lowest BCUT2D eigenvalue weighted by Gasteiger charge is -2.29. The summed E-state index contributed by atoms with van der Waals surface area (Å²) in [4.78, 5) is 11.9. The number of hydrazone groups is 1. The molecule has 2 aromatic heterocycles. The van der Waals surface area contributed by atoms with Gasteiger partial charge in [-0.1, -0.05) is 29.8 Å². The molecule has 158 valence electrons. The van der Waals surface area contributed by atoms with Crippen LogP contribution in [0, 0.1) is 6.92 Å². The Morgan fingerprint density at radius 3 is 2.77 bits per heavy atom. The topological polar surface area (TPSA) is 76.8 Å². The van der Waals surface area contributed by atoms with Gasteiger partial charge in [0.2, 0.25) is 0 Å².